The summed E-state index contributed by atoms with van der Waals surface area (Å²) >= 11 is 0. The van der Waals surface area contributed by atoms with E-state index >= 15 is 0 Å². The van der Waals surface area contributed by atoms with Crippen molar-refractivity contribution < 1.29 is 9.90 Å². The number of nitrogens with zero attached hydrogens (tertiary/aromatic N) is 3. The van der Waals surface area contributed by atoms with Crippen LogP contribution in [0.4, 0.5) is 0 Å². The minimum Gasteiger partial charge on any atom is -0.392 e. The van der Waals surface area contributed by atoms with Gasteiger partial charge in [-0.25, -0.2) is 9.67 Å². The molecule has 2 atom stereocenters. The van der Waals surface area contributed by atoms with Gasteiger partial charge in [-0.3, -0.25) is 4.79 Å². The fourth-order valence-corrected chi connectivity index (χ4v) is 3.30. The van der Waals surface area contributed by atoms with E-state index in [1.807, 2.05) is 35.0 Å². The third kappa shape index (κ3) is 3.74. The third-order valence-corrected chi connectivity index (χ3v) is 4.72. The Bertz CT molecular complexity index is 937. The molecule has 0 aliphatic carbocycles. The summed E-state index contributed by atoms with van der Waals surface area (Å²) in [6.07, 6.45) is 0.225. The summed E-state index contributed by atoms with van der Waals surface area (Å²) < 4.78 is 1.88. The van der Waals surface area contributed by atoms with Crippen molar-refractivity contribution in [2.24, 2.45) is 5.73 Å². The monoisotopic (exact) mass is 363 g/mol. The van der Waals surface area contributed by atoms with Crippen molar-refractivity contribution in [1.82, 2.24) is 20.1 Å². The molecule has 1 aliphatic heterocycles. The van der Waals surface area contributed by atoms with E-state index in [0.29, 0.717) is 30.9 Å². The quantitative estimate of drug-likeness (QED) is 0.637. The van der Waals surface area contributed by atoms with Gasteiger partial charge in [0.05, 0.1) is 18.7 Å². The van der Waals surface area contributed by atoms with Gasteiger partial charge in [0.1, 0.15) is 5.82 Å². The number of carbonyl (C=O) groups is 1. The molecular formula is C20H21N5O2. The molecule has 2 aromatic carbocycles. The van der Waals surface area contributed by atoms with Gasteiger partial charge in [0.15, 0.2) is 5.82 Å². The maximum atomic E-state index is 11.3. The average Bonchev–Trinajstić information content (AvgIpc) is 3.29. The van der Waals surface area contributed by atoms with Crippen LogP contribution in [0.15, 0.2) is 54.6 Å². The van der Waals surface area contributed by atoms with Crippen molar-refractivity contribution in [3.63, 3.8) is 0 Å². The number of amides is 1. The fraction of sp³-hybridized carbons (Fsp3) is 0.250. The molecule has 27 heavy (non-hydrogen) atoms. The highest BCUT2D eigenvalue weighted by molar-refractivity contribution is 5.93. The van der Waals surface area contributed by atoms with Crippen LogP contribution in [-0.4, -0.2) is 38.4 Å². The molecule has 0 radical (unpaired) electrons. The van der Waals surface area contributed by atoms with E-state index in [2.05, 4.69) is 10.4 Å². The Labute approximate surface area is 156 Å². The molecule has 1 fully saturated rings. The zero-order valence-corrected chi connectivity index (χ0v) is 14.7. The van der Waals surface area contributed by atoms with Crippen LogP contribution < -0.4 is 11.1 Å². The van der Waals surface area contributed by atoms with Crippen LogP contribution in [0.25, 0.3) is 11.4 Å². The number of hydrogen-bond acceptors (Lipinski definition) is 5. The number of β-amino-alcohol motifs (C(OH)–C–C–N with tert-alkyl or cyclic N) is 1. The van der Waals surface area contributed by atoms with E-state index in [9.17, 15) is 9.90 Å². The maximum Gasteiger partial charge on any atom is 0.248 e. The molecule has 3 aromatic rings. The van der Waals surface area contributed by atoms with Gasteiger partial charge in [0, 0.05) is 17.7 Å². The normalized spacial score (nSPS) is 19.3. The Morgan fingerprint density at radius 2 is 1.93 bits per heavy atom. The summed E-state index contributed by atoms with van der Waals surface area (Å²) in [5, 5.41) is 17.9. The molecule has 0 bridgehead atoms. The number of nitrogens with two attached hydrogens (primary N) is 1. The number of rotatable bonds is 5. The van der Waals surface area contributed by atoms with E-state index < -0.39 is 5.91 Å². The Hall–Kier alpha value is -3.03. The molecule has 7 nitrogen and oxygen atoms in total. The second kappa shape index (κ2) is 7.30. The predicted molar refractivity (Wildman–Crippen MR) is 101 cm³/mol. The highest BCUT2D eigenvalue weighted by Gasteiger charge is 2.28. The first kappa shape index (κ1) is 17.4. The van der Waals surface area contributed by atoms with Crippen LogP contribution in [0.1, 0.15) is 34.2 Å². The van der Waals surface area contributed by atoms with Gasteiger partial charge in [0.2, 0.25) is 5.91 Å². The Balaban J connectivity index is 1.69. The van der Waals surface area contributed by atoms with Crippen molar-refractivity contribution >= 4 is 5.91 Å². The van der Waals surface area contributed by atoms with Crippen LogP contribution in [0.3, 0.4) is 0 Å². The molecule has 1 aromatic heterocycles. The van der Waals surface area contributed by atoms with Gasteiger partial charge in [-0.15, -0.1) is 0 Å². The number of benzene rings is 2. The minimum atomic E-state index is -0.464. The number of aromatic nitrogens is 3. The van der Waals surface area contributed by atoms with Crippen LogP contribution in [0, 0.1) is 0 Å². The Morgan fingerprint density at radius 3 is 2.56 bits per heavy atom. The zero-order chi connectivity index (χ0) is 18.8. The molecule has 4 N–H and O–H groups in total. The molecule has 1 saturated heterocycles. The first-order chi connectivity index (χ1) is 13.1. The SMILES string of the molecule is NC(=O)c1ccc(-c2nc([C@@H]3C[C@@H](O)CN3)n(Cc3ccccc3)n2)cc1. The number of aliphatic hydroxyl groups is 1. The third-order valence-electron chi connectivity index (χ3n) is 4.72. The van der Waals surface area contributed by atoms with Crippen LogP contribution >= 0.6 is 0 Å². The highest BCUT2D eigenvalue weighted by atomic mass is 16.3. The van der Waals surface area contributed by atoms with E-state index in [1.165, 1.54) is 0 Å². The van der Waals surface area contributed by atoms with Crippen LogP contribution in [0.2, 0.25) is 0 Å². The minimum absolute atomic E-state index is 0.0464. The topological polar surface area (TPSA) is 106 Å². The predicted octanol–water partition coefficient (Wildman–Crippen LogP) is 1.49. The van der Waals surface area contributed by atoms with Crippen molar-refractivity contribution in [1.29, 1.82) is 0 Å². The van der Waals surface area contributed by atoms with E-state index in [0.717, 1.165) is 17.0 Å². The van der Waals surface area contributed by atoms with Gasteiger partial charge < -0.3 is 16.2 Å². The molecule has 1 amide bonds. The number of carbonyl (C=O) groups excluding carboxylic acids is 1. The van der Waals surface area contributed by atoms with Gasteiger partial charge in [0.25, 0.3) is 0 Å². The van der Waals surface area contributed by atoms with Gasteiger partial charge >= 0.3 is 0 Å². The van der Waals surface area contributed by atoms with Gasteiger partial charge in [-0.1, -0.05) is 42.5 Å². The van der Waals surface area contributed by atoms with E-state index in [1.54, 1.807) is 24.3 Å². The fourth-order valence-electron chi connectivity index (χ4n) is 3.30. The Morgan fingerprint density at radius 1 is 1.19 bits per heavy atom. The maximum absolute atomic E-state index is 11.3. The van der Waals surface area contributed by atoms with Crippen LogP contribution in [-0.2, 0) is 6.54 Å². The Kier molecular flexibility index (Phi) is 4.70. The lowest BCUT2D eigenvalue weighted by atomic mass is 10.1. The molecule has 2 heterocycles. The summed E-state index contributed by atoms with van der Waals surface area (Å²) in [5.41, 5.74) is 7.69. The number of aliphatic hydroxyl groups excluding tert-OH is 1. The van der Waals surface area contributed by atoms with Crippen molar-refractivity contribution in [3.8, 4) is 11.4 Å². The smallest absolute Gasteiger partial charge is 0.248 e. The molecule has 7 heteroatoms. The summed E-state index contributed by atoms with van der Waals surface area (Å²) in [4.78, 5) is 16.0. The summed E-state index contributed by atoms with van der Waals surface area (Å²) in [6.45, 7) is 1.14. The van der Waals surface area contributed by atoms with Crippen LogP contribution in [0.5, 0.6) is 0 Å². The van der Waals surface area contributed by atoms with Gasteiger partial charge in [-0.2, -0.15) is 5.10 Å². The molecule has 0 spiro atoms. The average molecular weight is 363 g/mol. The highest BCUT2D eigenvalue weighted by Crippen LogP contribution is 2.25. The van der Waals surface area contributed by atoms with E-state index in [4.69, 9.17) is 10.7 Å². The number of nitrogens with one attached hydrogen (secondary N) is 1. The van der Waals surface area contributed by atoms with E-state index in [-0.39, 0.29) is 12.1 Å². The lowest BCUT2D eigenvalue weighted by Gasteiger charge is -2.11. The summed E-state index contributed by atoms with van der Waals surface area (Å²) in [7, 11) is 0. The van der Waals surface area contributed by atoms with Crippen molar-refractivity contribution in [2.75, 3.05) is 6.54 Å². The molecule has 1 aliphatic rings. The summed E-state index contributed by atoms with van der Waals surface area (Å²) in [5.74, 6) is 0.915. The lowest BCUT2D eigenvalue weighted by Crippen LogP contribution is -2.19. The summed E-state index contributed by atoms with van der Waals surface area (Å²) in [6, 6.07) is 16.9. The largest absolute Gasteiger partial charge is 0.392 e. The second-order valence-electron chi connectivity index (χ2n) is 6.73. The first-order valence-electron chi connectivity index (χ1n) is 8.90. The zero-order valence-electron chi connectivity index (χ0n) is 14.7. The molecule has 138 valence electrons. The number of primary amides is 1. The molecule has 0 unspecified atom stereocenters. The number of hydrogen-bond donors (Lipinski definition) is 3. The molecule has 4 rings (SSSR count). The molecular weight excluding hydrogens is 342 g/mol. The first-order valence-corrected chi connectivity index (χ1v) is 8.90. The standard InChI is InChI=1S/C20H21N5O2/c21-18(27)14-6-8-15(9-7-14)19-23-20(17-10-16(26)11-22-17)25(24-19)12-13-4-2-1-3-5-13/h1-9,16-17,22,26H,10-12H2,(H2,21,27)/t16-,17+/m1/s1. The lowest BCUT2D eigenvalue weighted by molar-refractivity contribution is 0.100. The van der Waals surface area contributed by atoms with Crippen molar-refractivity contribution in [3.05, 3.63) is 71.5 Å². The molecule has 0 saturated carbocycles. The van der Waals surface area contributed by atoms with Gasteiger partial charge in [-0.05, 0) is 24.1 Å². The van der Waals surface area contributed by atoms with Crippen molar-refractivity contribution in [2.45, 2.75) is 25.1 Å². The second-order valence-corrected chi connectivity index (χ2v) is 6.73.